The molecule has 3 heterocycles. The molecule has 0 radical (unpaired) electrons. The van der Waals surface area contributed by atoms with E-state index in [1.165, 1.54) is 12.1 Å². The molecule has 1 saturated heterocycles. The van der Waals surface area contributed by atoms with Gasteiger partial charge in [0.15, 0.2) is 0 Å². The van der Waals surface area contributed by atoms with Crippen LogP contribution in [-0.4, -0.2) is 38.1 Å². The minimum absolute atomic E-state index is 0.233. The molecule has 2 unspecified atom stereocenters. The fourth-order valence-electron chi connectivity index (χ4n) is 4.03. The summed E-state index contributed by atoms with van der Waals surface area (Å²) in [4.78, 5) is 27.3. The molecule has 0 spiro atoms. The molecule has 32 heavy (non-hydrogen) atoms. The van der Waals surface area contributed by atoms with Crippen molar-refractivity contribution in [3.8, 4) is 22.5 Å². The number of nitrogens with one attached hydrogen (secondary N) is 1. The molecule has 6 nitrogen and oxygen atoms in total. The van der Waals surface area contributed by atoms with Gasteiger partial charge in [-0.05, 0) is 75.9 Å². The van der Waals surface area contributed by atoms with Gasteiger partial charge in [0.05, 0.1) is 17.4 Å². The first kappa shape index (κ1) is 22.0. The van der Waals surface area contributed by atoms with E-state index >= 15 is 0 Å². The van der Waals surface area contributed by atoms with Crippen LogP contribution >= 0.6 is 0 Å². The summed E-state index contributed by atoms with van der Waals surface area (Å²) in [6.45, 7) is 8.40. The summed E-state index contributed by atoms with van der Waals surface area (Å²) < 4.78 is 19.2. The van der Waals surface area contributed by atoms with E-state index in [1.54, 1.807) is 29.4 Å². The number of nitrogens with zero attached hydrogens (tertiary/aromatic N) is 3. The van der Waals surface area contributed by atoms with Crippen molar-refractivity contribution < 1.29 is 13.9 Å². The van der Waals surface area contributed by atoms with Crippen molar-refractivity contribution in [2.24, 2.45) is 5.92 Å². The number of carbonyl (C=O) groups excluding carboxylic acids is 1. The second kappa shape index (κ2) is 8.73. The minimum atomic E-state index is -0.574. The number of imidazole rings is 1. The van der Waals surface area contributed by atoms with E-state index in [4.69, 9.17) is 9.72 Å². The largest absolute Gasteiger partial charge is 0.444 e. The monoisotopic (exact) mass is 436 g/mol. The van der Waals surface area contributed by atoms with Gasteiger partial charge in [-0.2, -0.15) is 0 Å². The highest BCUT2D eigenvalue weighted by Gasteiger charge is 2.36. The number of hydrogen-bond donors (Lipinski definition) is 1. The smallest absolute Gasteiger partial charge is 0.410 e. The average Bonchev–Trinajstić information content (AvgIpc) is 3.19. The predicted octanol–water partition coefficient (Wildman–Crippen LogP) is 5.99. The van der Waals surface area contributed by atoms with E-state index < -0.39 is 5.60 Å². The summed E-state index contributed by atoms with van der Waals surface area (Å²) in [5, 5.41) is 0. The second-order valence-electron chi connectivity index (χ2n) is 9.41. The summed E-state index contributed by atoms with van der Waals surface area (Å²) in [7, 11) is 0. The van der Waals surface area contributed by atoms with Crippen LogP contribution in [-0.2, 0) is 4.74 Å². The lowest BCUT2D eigenvalue weighted by molar-refractivity contribution is 0.00401. The molecule has 0 aliphatic carbocycles. The molecule has 4 rings (SSSR count). The van der Waals surface area contributed by atoms with Crippen molar-refractivity contribution >= 4 is 6.09 Å². The Balaban J connectivity index is 1.77. The van der Waals surface area contributed by atoms with Crippen LogP contribution in [0.5, 0.6) is 0 Å². The first-order chi connectivity index (χ1) is 15.2. The van der Waals surface area contributed by atoms with E-state index in [0.717, 1.165) is 29.7 Å². The number of carbonyl (C=O) groups is 1. The highest BCUT2D eigenvalue weighted by atomic mass is 19.1. The van der Waals surface area contributed by atoms with E-state index in [0.29, 0.717) is 24.0 Å². The Bertz CT molecular complexity index is 1070. The van der Waals surface area contributed by atoms with Gasteiger partial charge in [0.1, 0.15) is 17.2 Å². The Morgan fingerprint density at radius 2 is 1.81 bits per heavy atom. The number of hydrogen-bond acceptors (Lipinski definition) is 4. The normalized spacial score (nSPS) is 19.1. The van der Waals surface area contributed by atoms with Gasteiger partial charge >= 0.3 is 6.09 Å². The molecule has 1 aromatic carbocycles. The van der Waals surface area contributed by atoms with Crippen LogP contribution in [0.4, 0.5) is 9.18 Å². The van der Waals surface area contributed by atoms with Gasteiger partial charge in [-0.15, -0.1) is 0 Å². The molecule has 3 aromatic rings. The fraction of sp³-hybridized carbons (Fsp3) is 0.400. The number of ether oxygens (including phenoxy) is 1. The number of aromatic amines is 1. The lowest BCUT2D eigenvalue weighted by Crippen LogP contribution is -2.43. The molecule has 1 N–H and O–H groups in total. The van der Waals surface area contributed by atoms with E-state index in [1.807, 2.05) is 32.9 Å². The number of amides is 1. The Morgan fingerprint density at radius 3 is 2.47 bits per heavy atom. The second-order valence-corrected chi connectivity index (χ2v) is 9.41. The van der Waals surface area contributed by atoms with Gasteiger partial charge in [0.25, 0.3) is 0 Å². The summed E-state index contributed by atoms with van der Waals surface area (Å²) in [5.41, 5.74) is 2.68. The van der Waals surface area contributed by atoms with E-state index in [-0.39, 0.29) is 18.0 Å². The molecule has 2 aromatic heterocycles. The molecule has 1 fully saturated rings. The summed E-state index contributed by atoms with van der Waals surface area (Å²) in [5.74, 6) is 0.850. The minimum Gasteiger partial charge on any atom is -0.444 e. The molecule has 2 atom stereocenters. The molecular formula is C25H29FN4O2. The number of benzene rings is 1. The fourth-order valence-corrected chi connectivity index (χ4v) is 4.03. The molecule has 0 bridgehead atoms. The van der Waals surface area contributed by atoms with Crippen LogP contribution in [0.1, 0.15) is 52.4 Å². The molecule has 168 valence electrons. The average molecular weight is 437 g/mol. The Morgan fingerprint density at radius 1 is 1.12 bits per heavy atom. The maximum Gasteiger partial charge on any atom is 0.410 e. The molecule has 7 heteroatoms. The summed E-state index contributed by atoms with van der Waals surface area (Å²) in [6.07, 6.45) is 4.81. The highest BCUT2D eigenvalue weighted by molar-refractivity contribution is 5.78. The molecular weight excluding hydrogens is 407 g/mol. The number of pyridine rings is 1. The van der Waals surface area contributed by atoms with Crippen molar-refractivity contribution in [1.82, 2.24) is 19.9 Å². The third kappa shape index (κ3) is 4.82. The number of likely N-dealkylation sites (tertiary alicyclic amines) is 1. The Hall–Kier alpha value is -3.22. The van der Waals surface area contributed by atoms with Gasteiger partial charge in [0.2, 0.25) is 0 Å². The number of H-pyrrole nitrogens is 1. The molecule has 0 saturated carbocycles. The zero-order valence-corrected chi connectivity index (χ0v) is 18.9. The van der Waals surface area contributed by atoms with Crippen molar-refractivity contribution in [1.29, 1.82) is 0 Å². The van der Waals surface area contributed by atoms with Crippen molar-refractivity contribution in [3.05, 3.63) is 60.4 Å². The first-order valence-corrected chi connectivity index (χ1v) is 11.0. The van der Waals surface area contributed by atoms with Crippen molar-refractivity contribution in [3.63, 3.8) is 0 Å². The zero-order valence-electron chi connectivity index (χ0n) is 18.9. The maximum atomic E-state index is 13.5. The van der Waals surface area contributed by atoms with Crippen molar-refractivity contribution in [2.75, 3.05) is 6.54 Å². The number of rotatable bonds is 3. The molecule has 1 amide bonds. The first-order valence-electron chi connectivity index (χ1n) is 11.0. The van der Waals surface area contributed by atoms with E-state index in [9.17, 15) is 9.18 Å². The van der Waals surface area contributed by atoms with Gasteiger partial charge in [-0.3, -0.25) is 9.88 Å². The predicted molar refractivity (Wildman–Crippen MR) is 121 cm³/mol. The third-order valence-electron chi connectivity index (χ3n) is 5.62. The molecule has 1 aliphatic rings. The quantitative estimate of drug-likeness (QED) is 0.548. The Kier molecular flexibility index (Phi) is 6.00. The molecule has 1 aliphatic heterocycles. The summed E-state index contributed by atoms with van der Waals surface area (Å²) >= 11 is 0. The summed E-state index contributed by atoms with van der Waals surface area (Å²) in [6, 6.07) is 9.86. The Labute approximate surface area is 187 Å². The number of aromatic nitrogens is 3. The lowest BCUT2D eigenvalue weighted by atomic mass is 9.92. The van der Waals surface area contributed by atoms with Crippen LogP contribution in [0.3, 0.4) is 0 Å². The zero-order chi connectivity index (χ0) is 22.9. The van der Waals surface area contributed by atoms with Gasteiger partial charge in [-0.1, -0.05) is 6.92 Å². The lowest BCUT2D eigenvalue weighted by Gasteiger charge is -2.38. The SMILES string of the molecule is CC1CCN(C(=O)OC(C)(C)C)C(c2nc(-c3ccc(F)cc3)c(-c3ccncc3)[nH]2)C1. The standard InChI is InChI=1S/C25H29FN4O2/c1-16-11-14-30(24(31)32-25(2,3)4)20(15-16)23-28-21(17-5-7-19(26)8-6-17)22(29-23)18-9-12-27-13-10-18/h5-10,12-13,16,20H,11,14-15H2,1-4H3,(H,28,29). The van der Waals surface area contributed by atoms with Crippen LogP contribution in [0.2, 0.25) is 0 Å². The van der Waals surface area contributed by atoms with Crippen LogP contribution in [0.25, 0.3) is 22.5 Å². The topological polar surface area (TPSA) is 71.1 Å². The van der Waals surface area contributed by atoms with Gasteiger partial charge < -0.3 is 9.72 Å². The van der Waals surface area contributed by atoms with Crippen molar-refractivity contribution in [2.45, 2.75) is 52.2 Å². The number of halogens is 1. The van der Waals surface area contributed by atoms with Gasteiger partial charge in [-0.25, -0.2) is 14.2 Å². The van der Waals surface area contributed by atoms with Crippen LogP contribution in [0, 0.1) is 11.7 Å². The number of piperidine rings is 1. The highest BCUT2D eigenvalue weighted by Crippen LogP contribution is 2.38. The van der Waals surface area contributed by atoms with Crippen LogP contribution < -0.4 is 0 Å². The van der Waals surface area contributed by atoms with E-state index in [2.05, 4.69) is 16.9 Å². The van der Waals surface area contributed by atoms with Gasteiger partial charge in [0, 0.05) is 30.1 Å². The van der Waals surface area contributed by atoms with Crippen LogP contribution in [0.15, 0.2) is 48.8 Å². The third-order valence-corrected chi connectivity index (χ3v) is 5.62. The maximum absolute atomic E-state index is 13.5.